The van der Waals surface area contributed by atoms with Gasteiger partial charge in [0, 0.05) is 0 Å². The largest absolute Gasteiger partial charge is 0.507 e. The van der Waals surface area contributed by atoms with Crippen LogP contribution < -0.4 is 0 Å². The van der Waals surface area contributed by atoms with E-state index in [0.717, 1.165) is 35.1 Å². The van der Waals surface area contributed by atoms with Crippen molar-refractivity contribution in [1.82, 2.24) is 0 Å². The summed E-state index contributed by atoms with van der Waals surface area (Å²) in [5.74, 6) is -1.33. The van der Waals surface area contributed by atoms with Gasteiger partial charge in [-0.25, -0.2) is 0 Å². The first-order chi connectivity index (χ1) is 20.6. The van der Waals surface area contributed by atoms with Gasteiger partial charge in [0.1, 0.15) is 11.5 Å². The number of rotatable bonds is 11. The van der Waals surface area contributed by atoms with Crippen molar-refractivity contribution in [3.63, 3.8) is 0 Å². The van der Waals surface area contributed by atoms with E-state index >= 15 is 0 Å². The average Bonchev–Trinajstić information content (AvgIpc) is 2.87. The molecule has 2 atom stereocenters. The van der Waals surface area contributed by atoms with Crippen LogP contribution in [0.15, 0.2) is 24.3 Å². The van der Waals surface area contributed by atoms with E-state index in [4.69, 9.17) is 0 Å². The first-order valence-corrected chi connectivity index (χ1v) is 16.8. The van der Waals surface area contributed by atoms with Gasteiger partial charge in [-0.05, 0) is 81.7 Å². The van der Waals surface area contributed by atoms with Crippen molar-refractivity contribution < 1.29 is 30.0 Å². The summed E-state index contributed by atoms with van der Waals surface area (Å²) in [7, 11) is 0. The number of aliphatic carboxylic acids is 2. The van der Waals surface area contributed by atoms with Crippen LogP contribution in [-0.2, 0) is 42.1 Å². The minimum absolute atomic E-state index is 0.232. The molecule has 0 saturated carbocycles. The molecular weight excluding hydrogens is 576 g/mol. The highest BCUT2D eigenvalue weighted by molar-refractivity contribution is 5.82. The summed E-state index contributed by atoms with van der Waals surface area (Å²) in [6, 6.07) is 7.47. The molecule has 2 aromatic rings. The standard InChI is InChI=1S/C40H62O6/c1-35(2,3)27-21-25(22-28(31(27)41)36(4,5)6)39(13,33(43)44)19-17-15-16-18-20-40(14,34(45)46)26-23-29(37(7,8)9)32(42)30(24-26)38(10,11)12/h21-24,41-42H,15-20H2,1-14H3,(H,43,44)(H,45,46). The molecule has 4 N–H and O–H groups in total. The van der Waals surface area contributed by atoms with Gasteiger partial charge >= 0.3 is 11.9 Å². The molecular formula is C40H62O6. The summed E-state index contributed by atoms with van der Waals surface area (Å²) >= 11 is 0. The molecule has 46 heavy (non-hydrogen) atoms. The van der Waals surface area contributed by atoms with E-state index < -0.39 is 22.8 Å². The lowest BCUT2D eigenvalue weighted by Crippen LogP contribution is -2.34. The molecule has 0 radical (unpaired) electrons. The number of aromatic hydroxyl groups is 2. The van der Waals surface area contributed by atoms with E-state index in [0.29, 0.717) is 36.8 Å². The third-order valence-corrected chi connectivity index (χ3v) is 9.77. The molecule has 0 aromatic heterocycles. The third kappa shape index (κ3) is 8.46. The Morgan fingerprint density at radius 2 is 0.674 bits per heavy atom. The van der Waals surface area contributed by atoms with Gasteiger partial charge in [0.2, 0.25) is 0 Å². The third-order valence-electron chi connectivity index (χ3n) is 9.77. The lowest BCUT2D eigenvalue weighted by atomic mass is 9.71. The summed E-state index contributed by atoms with van der Waals surface area (Å²) in [6.45, 7) is 27.8. The van der Waals surface area contributed by atoms with Crippen molar-refractivity contribution in [2.24, 2.45) is 0 Å². The molecule has 0 heterocycles. The second-order valence-corrected chi connectivity index (χ2v) is 18.0. The van der Waals surface area contributed by atoms with Gasteiger partial charge in [-0.15, -0.1) is 0 Å². The Bertz CT molecular complexity index is 1240. The summed E-state index contributed by atoms with van der Waals surface area (Å²) in [6.07, 6.45) is 3.74. The summed E-state index contributed by atoms with van der Waals surface area (Å²) in [5, 5.41) is 43.3. The van der Waals surface area contributed by atoms with Crippen LogP contribution in [0.4, 0.5) is 0 Å². The molecule has 0 aliphatic carbocycles. The fourth-order valence-corrected chi connectivity index (χ4v) is 6.25. The second kappa shape index (κ2) is 13.2. The SMILES string of the molecule is CC(C)(C)c1cc(C(C)(CCCCCCC(C)(C(=O)O)c2cc(C(C)(C)C)c(O)c(C(C)(C)C)c2)C(=O)O)cc(C(C)(C)C)c1O. The second-order valence-electron chi connectivity index (χ2n) is 18.0. The molecule has 0 aliphatic heterocycles. The van der Waals surface area contributed by atoms with Gasteiger partial charge in [0.15, 0.2) is 0 Å². The Balaban J connectivity index is 2.31. The average molecular weight is 639 g/mol. The zero-order chi connectivity index (χ0) is 35.8. The molecule has 2 rings (SSSR count). The highest BCUT2D eigenvalue weighted by Gasteiger charge is 2.40. The monoisotopic (exact) mass is 638 g/mol. The Labute approximate surface area is 278 Å². The van der Waals surface area contributed by atoms with Crippen molar-refractivity contribution in [2.45, 2.75) is 168 Å². The minimum atomic E-state index is -1.14. The highest BCUT2D eigenvalue weighted by atomic mass is 16.4. The van der Waals surface area contributed by atoms with Crippen LogP contribution in [0.2, 0.25) is 0 Å². The Morgan fingerprint density at radius 1 is 0.457 bits per heavy atom. The highest BCUT2D eigenvalue weighted by Crippen LogP contribution is 2.45. The number of phenols is 2. The molecule has 0 spiro atoms. The van der Waals surface area contributed by atoms with Crippen LogP contribution in [0.1, 0.15) is 169 Å². The van der Waals surface area contributed by atoms with Gasteiger partial charge in [0.25, 0.3) is 0 Å². The van der Waals surface area contributed by atoms with Crippen molar-refractivity contribution >= 4 is 11.9 Å². The molecule has 0 fully saturated rings. The molecule has 2 aromatic carbocycles. The van der Waals surface area contributed by atoms with Crippen molar-refractivity contribution in [2.75, 3.05) is 0 Å². The van der Waals surface area contributed by atoms with Gasteiger partial charge in [-0.2, -0.15) is 0 Å². The van der Waals surface area contributed by atoms with Gasteiger partial charge < -0.3 is 20.4 Å². The normalized spacial score (nSPS) is 15.7. The Morgan fingerprint density at radius 3 is 0.848 bits per heavy atom. The van der Waals surface area contributed by atoms with E-state index in [1.54, 1.807) is 13.8 Å². The van der Waals surface area contributed by atoms with Crippen LogP contribution in [0.5, 0.6) is 11.5 Å². The summed E-state index contributed by atoms with van der Waals surface area (Å²) in [4.78, 5) is 25.6. The van der Waals surface area contributed by atoms with Crippen LogP contribution >= 0.6 is 0 Å². The molecule has 0 saturated heterocycles. The predicted octanol–water partition coefficient (Wildman–Crippen LogP) is 10.0. The quantitative estimate of drug-likeness (QED) is 0.182. The number of benzene rings is 2. The Kier molecular flexibility index (Phi) is 11.3. The lowest BCUT2D eigenvalue weighted by Gasteiger charge is -2.33. The smallest absolute Gasteiger partial charge is 0.313 e. The first kappa shape index (κ1) is 39.2. The van der Waals surface area contributed by atoms with Gasteiger partial charge in [-0.1, -0.05) is 133 Å². The van der Waals surface area contributed by atoms with Crippen molar-refractivity contribution in [1.29, 1.82) is 0 Å². The fourth-order valence-electron chi connectivity index (χ4n) is 6.25. The minimum Gasteiger partial charge on any atom is -0.507 e. The number of phenolic OH excluding ortho intramolecular Hbond substituents is 2. The Hall–Kier alpha value is -3.02. The molecule has 6 nitrogen and oxygen atoms in total. The van der Waals surface area contributed by atoms with Crippen LogP contribution in [0, 0.1) is 0 Å². The zero-order valence-electron chi connectivity index (χ0n) is 31.2. The van der Waals surface area contributed by atoms with E-state index in [-0.39, 0.29) is 33.2 Å². The van der Waals surface area contributed by atoms with Crippen LogP contribution in [-0.4, -0.2) is 32.4 Å². The maximum absolute atomic E-state index is 12.8. The van der Waals surface area contributed by atoms with E-state index in [1.807, 2.05) is 107 Å². The van der Waals surface area contributed by atoms with Crippen LogP contribution in [0.3, 0.4) is 0 Å². The number of carboxylic acids is 2. The van der Waals surface area contributed by atoms with Crippen molar-refractivity contribution in [3.8, 4) is 11.5 Å². The molecule has 0 aliphatic rings. The van der Waals surface area contributed by atoms with Gasteiger partial charge in [-0.3, -0.25) is 9.59 Å². The van der Waals surface area contributed by atoms with Crippen molar-refractivity contribution in [3.05, 3.63) is 57.6 Å². The molecule has 6 heteroatoms. The summed E-state index contributed by atoms with van der Waals surface area (Å²) < 4.78 is 0. The van der Waals surface area contributed by atoms with Crippen LogP contribution in [0.25, 0.3) is 0 Å². The number of hydrogen-bond donors (Lipinski definition) is 4. The number of unbranched alkanes of at least 4 members (excludes halogenated alkanes) is 3. The summed E-state index contributed by atoms with van der Waals surface area (Å²) in [5.41, 5.74) is 0.633. The van der Waals surface area contributed by atoms with E-state index in [1.165, 1.54) is 0 Å². The number of carbonyl (C=O) groups is 2. The topological polar surface area (TPSA) is 115 Å². The first-order valence-electron chi connectivity index (χ1n) is 16.8. The van der Waals surface area contributed by atoms with E-state index in [9.17, 15) is 30.0 Å². The van der Waals surface area contributed by atoms with E-state index in [2.05, 4.69) is 0 Å². The molecule has 0 bridgehead atoms. The number of hydrogen-bond acceptors (Lipinski definition) is 4. The van der Waals surface area contributed by atoms with Gasteiger partial charge in [0.05, 0.1) is 10.8 Å². The lowest BCUT2D eigenvalue weighted by molar-refractivity contribution is -0.144. The zero-order valence-corrected chi connectivity index (χ0v) is 31.2. The molecule has 258 valence electrons. The predicted molar refractivity (Wildman–Crippen MR) is 189 cm³/mol. The fraction of sp³-hybridized carbons (Fsp3) is 0.650. The number of carboxylic acid groups (broad SMARTS) is 2. The maximum atomic E-state index is 12.8. The molecule has 0 amide bonds. The molecule has 2 unspecified atom stereocenters. The maximum Gasteiger partial charge on any atom is 0.313 e.